The van der Waals surface area contributed by atoms with Gasteiger partial charge in [0.2, 0.25) is 5.91 Å². The van der Waals surface area contributed by atoms with Crippen molar-refractivity contribution in [2.75, 3.05) is 17.7 Å². The molecule has 31 heavy (non-hydrogen) atoms. The summed E-state index contributed by atoms with van der Waals surface area (Å²) in [6, 6.07) is 18.8. The second-order valence-corrected chi connectivity index (χ2v) is 6.57. The molecule has 0 fully saturated rings. The Kier molecular flexibility index (Phi) is 6.90. The van der Waals surface area contributed by atoms with Crippen LogP contribution in [0.3, 0.4) is 0 Å². The molecule has 6 nitrogen and oxygen atoms in total. The SMILES string of the molecule is CNC(=O)c1ccc(C=CC(=O)Nc2cccc(C(=O)Nc3cccc(F)c3)c2)cc1. The molecule has 3 aromatic rings. The van der Waals surface area contributed by atoms with Gasteiger partial charge in [-0.2, -0.15) is 0 Å². The Hall–Kier alpha value is -4.26. The van der Waals surface area contributed by atoms with Gasteiger partial charge in [-0.05, 0) is 60.2 Å². The van der Waals surface area contributed by atoms with E-state index in [9.17, 15) is 18.8 Å². The molecule has 3 aromatic carbocycles. The lowest BCUT2D eigenvalue weighted by molar-refractivity contribution is -0.111. The van der Waals surface area contributed by atoms with E-state index in [2.05, 4.69) is 16.0 Å². The molecule has 3 N–H and O–H groups in total. The largest absolute Gasteiger partial charge is 0.355 e. The number of rotatable bonds is 6. The lowest BCUT2D eigenvalue weighted by atomic mass is 10.1. The molecule has 3 rings (SSSR count). The molecule has 0 saturated heterocycles. The highest BCUT2D eigenvalue weighted by Gasteiger charge is 2.08. The molecule has 156 valence electrons. The molecule has 0 aromatic heterocycles. The monoisotopic (exact) mass is 417 g/mol. The van der Waals surface area contributed by atoms with E-state index in [0.29, 0.717) is 22.5 Å². The number of hydrogen-bond donors (Lipinski definition) is 3. The third-order valence-electron chi connectivity index (χ3n) is 4.30. The molecule has 0 atom stereocenters. The van der Waals surface area contributed by atoms with E-state index < -0.39 is 11.7 Å². The number of hydrogen-bond acceptors (Lipinski definition) is 3. The second kappa shape index (κ2) is 9.98. The standard InChI is InChI=1S/C24H20FN3O3/c1-26-23(30)17-11-8-16(9-12-17)10-13-22(29)27-20-6-2-4-18(14-20)24(31)28-21-7-3-5-19(25)15-21/h2-15H,1H3,(H,26,30)(H,27,29)(H,28,31). The van der Waals surface area contributed by atoms with Crippen molar-refractivity contribution in [2.45, 2.75) is 0 Å². The average molecular weight is 417 g/mol. The molecular formula is C24H20FN3O3. The molecule has 0 spiro atoms. The van der Waals surface area contributed by atoms with Gasteiger partial charge < -0.3 is 16.0 Å². The Balaban J connectivity index is 1.62. The molecular weight excluding hydrogens is 397 g/mol. The third kappa shape index (κ3) is 6.11. The maximum atomic E-state index is 13.3. The van der Waals surface area contributed by atoms with Gasteiger partial charge in [0.05, 0.1) is 0 Å². The minimum absolute atomic E-state index is 0.186. The van der Waals surface area contributed by atoms with Gasteiger partial charge in [-0.3, -0.25) is 14.4 Å². The van der Waals surface area contributed by atoms with Gasteiger partial charge in [0, 0.05) is 35.6 Å². The van der Waals surface area contributed by atoms with Crippen molar-refractivity contribution in [1.29, 1.82) is 0 Å². The molecule has 0 radical (unpaired) electrons. The maximum Gasteiger partial charge on any atom is 0.255 e. The zero-order chi connectivity index (χ0) is 22.2. The fraction of sp³-hybridized carbons (Fsp3) is 0.0417. The number of halogens is 1. The first kappa shape index (κ1) is 21.4. The van der Waals surface area contributed by atoms with Crippen LogP contribution in [0.15, 0.2) is 78.9 Å². The number of anilines is 2. The van der Waals surface area contributed by atoms with Crippen LogP contribution in [-0.2, 0) is 4.79 Å². The Labute approximate surface area is 178 Å². The first-order valence-electron chi connectivity index (χ1n) is 9.43. The normalized spacial score (nSPS) is 10.5. The quantitative estimate of drug-likeness (QED) is 0.528. The summed E-state index contributed by atoms with van der Waals surface area (Å²) < 4.78 is 13.3. The molecule has 0 aliphatic heterocycles. The average Bonchev–Trinajstić information content (AvgIpc) is 2.77. The van der Waals surface area contributed by atoms with Crippen LogP contribution in [0.25, 0.3) is 6.08 Å². The fourth-order valence-electron chi connectivity index (χ4n) is 2.75. The lowest BCUT2D eigenvalue weighted by Gasteiger charge is -2.07. The number of carbonyl (C=O) groups excluding carboxylic acids is 3. The van der Waals surface area contributed by atoms with Gasteiger partial charge in [-0.1, -0.05) is 24.3 Å². The van der Waals surface area contributed by atoms with Crippen LogP contribution in [0.2, 0.25) is 0 Å². The first-order valence-corrected chi connectivity index (χ1v) is 9.43. The van der Waals surface area contributed by atoms with E-state index in [-0.39, 0.29) is 11.8 Å². The summed E-state index contributed by atoms with van der Waals surface area (Å²) in [7, 11) is 1.56. The van der Waals surface area contributed by atoms with Crippen molar-refractivity contribution in [2.24, 2.45) is 0 Å². The molecule has 0 aliphatic rings. The van der Waals surface area contributed by atoms with E-state index in [0.717, 1.165) is 5.56 Å². The van der Waals surface area contributed by atoms with Crippen molar-refractivity contribution in [3.05, 3.63) is 101 Å². The summed E-state index contributed by atoms with van der Waals surface area (Å²) >= 11 is 0. The fourth-order valence-corrected chi connectivity index (χ4v) is 2.75. The predicted molar refractivity (Wildman–Crippen MR) is 118 cm³/mol. The summed E-state index contributed by atoms with van der Waals surface area (Å²) in [5, 5.41) is 7.84. The van der Waals surface area contributed by atoms with Gasteiger partial charge in [0.25, 0.3) is 11.8 Å². The Morgan fingerprint density at radius 1 is 0.774 bits per heavy atom. The number of nitrogens with one attached hydrogen (secondary N) is 3. The van der Waals surface area contributed by atoms with Crippen LogP contribution in [0.1, 0.15) is 26.3 Å². The van der Waals surface area contributed by atoms with Gasteiger partial charge in [-0.15, -0.1) is 0 Å². The number of benzene rings is 3. The second-order valence-electron chi connectivity index (χ2n) is 6.57. The number of carbonyl (C=O) groups is 3. The highest BCUT2D eigenvalue weighted by Crippen LogP contribution is 2.15. The summed E-state index contributed by atoms with van der Waals surface area (Å²) in [6.07, 6.45) is 2.97. The summed E-state index contributed by atoms with van der Waals surface area (Å²) in [6.45, 7) is 0. The van der Waals surface area contributed by atoms with E-state index in [1.165, 1.54) is 30.3 Å². The molecule has 0 bridgehead atoms. The van der Waals surface area contributed by atoms with Crippen LogP contribution in [0.5, 0.6) is 0 Å². The van der Waals surface area contributed by atoms with Crippen LogP contribution in [-0.4, -0.2) is 24.8 Å². The highest BCUT2D eigenvalue weighted by molar-refractivity contribution is 6.06. The minimum Gasteiger partial charge on any atom is -0.355 e. The van der Waals surface area contributed by atoms with Crippen molar-refractivity contribution in [1.82, 2.24) is 5.32 Å². The van der Waals surface area contributed by atoms with Crippen LogP contribution >= 0.6 is 0 Å². The van der Waals surface area contributed by atoms with Crippen molar-refractivity contribution < 1.29 is 18.8 Å². The summed E-state index contributed by atoms with van der Waals surface area (Å²) in [4.78, 5) is 36.1. The van der Waals surface area contributed by atoms with Crippen molar-refractivity contribution in [3.8, 4) is 0 Å². The molecule has 7 heteroatoms. The van der Waals surface area contributed by atoms with E-state index in [1.807, 2.05) is 0 Å². The Morgan fingerprint density at radius 2 is 1.45 bits per heavy atom. The third-order valence-corrected chi connectivity index (χ3v) is 4.30. The maximum absolute atomic E-state index is 13.3. The van der Waals surface area contributed by atoms with Gasteiger partial charge in [-0.25, -0.2) is 4.39 Å². The van der Waals surface area contributed by atoms with Crippen molar-refractivity contribution >= 4 is 35.2 Å². The molecule has 0 heterocycles. The van der Waals surface area contributed by atoms with Gasteiger partial charge in [0.1, 0.15) is 5.82 Å². The van der Waals surface area contributed by atoms with Crippen LogP contribution in [0.4, 0.5) is 15.8 Å². The van der Waals surface area contributed by atoms with Crippen LogP contribution < -0.4 is 16.0 Å². The topological polar surface area (TPSA) is 87.3 Å². The lowest BCUT2D eigenvalue weighted by Crippen LogP contribution is -2.17. The van der Waals surface area contributed by atoms with Gasteiger partial charge in [0.15, 0.2) is 0 Å². The molecule has 0 aliphatic carbocycles. The van der Waals surface area contributed by atoms with Gasteiger partial charge >= 0.3 is 0 Å². The van der Waals surface area contributed by atoms with E-state index in [4.69, 9.17) is 0 Å². The van der Waals surface area contributed by atoms with E-state index >= 15 is 0 Å². The van der Waals surface area contributed by atoms with Crippen LogP contribution in [0, 0.1) is 5.82 Å². The number of amides is 3. The zero-order valence-corrected chi connectivity index (χ0v) is 16.7. The summed E-state index contributed by atoms with van der Waals surface area (Å²) in [5.41, 5.74) is 2.38. The minimum atomic E-state index is -0.450. The smallest absolute Gasteiger partial charge is 0.255 e. The van der Waals surface area contributed by atoms with Crippen molar-refractivity contribution in [3.63, 3.8) is 0 Å². The Morgan fingerprint density at radius 3 is 2.13 bits per heavy atom. The highest BCUT2D eigenvalue weighted by atomic mass is 19.1. The Bertz CT molecular complexity index is 1140. The molecule has 0 unspecified atom stereocenters. The first-order chi connectivity index (χ1) is 14.9. The molecule has 3 amide bonds. The molecule has 0 saturated carbocycles. The zero-order valence-electron chi connectivity index (χ0n) is 16.7. The van der Waals surface area contributed by atoms with E-state index in [1.54, 1.807) is 61.7 Å². The summed E-state index contributed by atoms with van der Waals surface area (Å²) in [5.74, 6) is -1.44. The predicted octanol–water partition coefficient (Wildman–Crippen LogP) is 4.09.